The Labute approximate surface area is 265 Å². The van der Waals surface area contributed by atoms with Crippen LogP contribution >= 0.6 is 0 Å². The summed E-state index contributed by atoms with van der Waals surface area (Å²) in [5.41, 5.74) is 1.24. The summed E-state index contributed by atoms with van der Waals surface area (Å²) in [4.78, 5) is 34.3. The number of hydrogen-bond acceptors (Lipinski definition) is 4. The molecule has 0 aliphatic carbocycles. The van der Waals surface area contributed by atoms with Gasteiger partial charge in [-0.1, -0.05) is 97.1 Å². The molecule has 234 valence electrons. The van der Waals surface area contributed by atoms with Crippen molar-refractivity contribution in [2.75, 3.05) is 14.1 Å². The van der Waals surface area contributed by atoms with E-state index >= 15 is 0 Å². The summed E-state index contributed by atoms with van der Waals surface area (Å²) >= 11 is 0. The molecule has 0 bridgehead atoms. The van der Waals surface area contributed by atoms with Crippen LogP contribution in [-0.4, -0.2) is 70.4 Å². The lowest BCUT2D eigenvalue weighted by Gasteiger charge is -2.33. The van der Waals surface area contributed by atoms with Crippen LogP contribution in [0.15, 0.2) is 102 Å². The number of ether oxygens (including phenoxy) is 1. The van der Waals surface area contributed by atoms with Crippen LogP contribution in [0.5, 0.6) is 0 Å². The summed E-state index contributed by atoms with van der Waals surface area (Å²) in [6.07, 6.45) is 3.84. The highest BCUT2D eigenvalue weighted by Gasteiger charge is 2.36. The molecule has 0 heterocycles. The first kappa shape index (κ1) is 32.9. The third-order valence-corrected chi connectivity index (χ3v) is 7.50. The number of hydrogen-bond donors (Lipinski definition) is 1. The Hall–Kier alpha value is -4.98. The van der Waals surface area contributed by atoms with Crippen LogP contribution in [0.2, 0.25) is 0 Å². The molecule has 0 saturated heterocycles. The summed E-state index contributed by atoms with van der Waals surface area (Å²) < 4.78 is 5.61. The minimum atomic E-state index is -1.00. The van der Waals surface area contributed by atoms with Gasteiger partial charge in [0.05, 0.1) is 0 Å². The fourth-order valence-electron chi connectivity index (χ4n) is 5.15. The van der Waals surface area contributed by atoms with Gasteiger partial charge in [-0.25, -0.2) is 4.79 Å². The van der Waals surface area contributed by atoms with Crippen molar-refractivity contribution in [1.29, 1.82) is 5.41 Å². The predicted octanol–water partition coefficient (Wildman–Crippen LogP) is 6.52. The molecule has 4 aromatic rings. The van der Waals surface area contributed by atoms with E-state index in [4.69, 9.17) is 15.3 Å². The van der Waals surface area contributed by atoms with Gasteiger partial charge >= 0.3 is 12.0 Å². The van der Waals surface area contributed by atoms with Crippen molar-refractivity contribution in [2.24, 2.45) is 4.99 Å². The molecule has 2 atom stereocenters. The van der Waals surface area contributed by atoms with Gasteiger partial charge in [0.15, 0.2) is 6.04 Å². The summed E-state index contributed by atoms with van der Waals surface area (Å²) in [6, 6.07) is 26.6. The first-order valence-corrected chi connectivity index (χ1v) is 15.0. The maximum absolute atomic E-state index is 14.2. The maximum atomic E-state index is 14.2. The van der Waals surface area contributed by atoms with Crippen molar-refractivity contribution in [3.8, 4) is 0 Å². The van der Waals surface area contributed by atoms with Crippen LogP contribution in [0.4, 0.5) is 4.79 Å². The minimum Gasteiger partial charge on any atom is -0.580 e. The number of carbonyl (C=O) groups excluding carboxylic acids is 2. The second-order valence-electron chi connectivity index (χ2n) is 12.3. The molecule has 0 aliphatic rings. The smallest absolute Gasteiger partial charge is 0.410 e. The Morgan fingerprint density at radius 3 is 1.96 bits per heavy atom. The molecular weight excluding hydrogens is 564 g/mol. The number of benzene rings is 4. The molecule has 0 aromatic heterocycles. The zero-order chi connectivity index (χ0) is 32.7. The van der Waals surface area contributed by atoms with Gasteiger partial charge in [-0.15, -0.1) is 0 Å². The fraction of sp³-hybridized carbons (Fsp3) is 0.297. The first-order chi connectivity index (χ1) is 21.3. The summed E-state index contributed by atoms with van der Waals surface area (Å²) in [7, 11) is 3.16. The third-order valence-electron chi connectivity index (χ3n) is 7.50. The van der Waals surface area contributed by atoms with Crippen LogP contribution < -0.4 is 0 Å². The molecule has 0 spiro atoms. The van der Waals surface area contributed by atoms with Gasteiger partial charge in [-0.3, -0.25) is 15.1 Å². The molecule has 0 aliphatic heterocycles. The van der Waals surface area contributed by atoms with E-state index in [9.17, 15) is 9.59 Å². The zero-order valence-corrected chi connectivity index (χ0v) is 26.9. The standard InChI is InChI=1S/C37H42N4O4/c1-25(38)39-34(42)33(24-27-19-21-29-14-8-10-16-31(29)23-27)40(5)35(43)32(41(6)36(44)45-37(2,3)4)17-11-12-26-18-20-28-13-7-9-15-30(28)22-26/h7-11,13-23,32-33H,12,24H2,1-6H3,(H2,38,39,42)/p+1/b17-11+/t32?,33-/m1/s1. The number of amidine groups is 1. The molecule has 0 saturated carbocycles. The van der Waals surface area contributed by atoms with E-state index in [1.807, 2.05) is 60.7 Å². The fourth-order valence-corrected chi connectivity index (χ4v) is 5.15. The molecule has 0 fully saturated rings. The number of fused-ring (bicyclic) bond motifs is 2. The highest BCUT2D eigenvalue weighted by atomic mass is 16.6. The van der Waals surface area contributed by atoms with E-state index in [0.717, 1.165) is 32.7 Å². The van der Waals surface area contributed by atoms with E-state index in [1.54, 1.807) is 40.9 Å². The van der Waals surface area contributed by atoms with Crippen molar-refractivity contribution >= 4 is 45.3 Å². The van der Waals surface area contributed by atoms with E-state index in [-0.39, 0.29) is 11.7 Å². The molecule has 2 amide bonds. The van der Waals surface area contributed by atoms with Crippen molar-refractivity contribution in [2.45, 2.75) is 58.2 Å². The van der Waals surface area contributed by atoms with Gasteiger partial charge in [0.25, 0.3) is 0 Å². The van der Waals surface area contributed by atoms with Gasteiger partial charge in [0.1, 0.15) is 17.5 Å². The summed E-state index contributed by atoms with van der Waals surface area (Å²) in [5, 5.41) is 21.0. The van der Waals surface area contributed by atoms with Gasteiger partial charge in [-0.2, -0.15) is 4.99 Å². The number of allylic oxidation sites excluding steroid dienone is 1. The lowest BCUT2D eigenvalue weighted by atomic mass is 10.00. The predicted molar refractivity (Wildman–Crippen MR) is 183 cm³/mol. The maximum Gasteiger partial charge on any atom is 0.410 e. The highest BCUT2D eigenvalue weighted by Crippen LogP contribution is 2.21. The molecular formula is C37H43N4O4+. The van der Waals surface area contributed by atoms with Crippen LogP contribution in [0.3, 0.4) is 0 Å². The molecule has 8 heteroatoms. The summed E-state index contributed by atoms with van der Waals surface area (Å²) in [6.45, 7) is 6.83. The SMILES string of the molecule is CC(=N)N=C([OH2+])[C@@H](Cc1ccc2ccccc2c1)N(C)C(=O)C(/C=C/Cc1ccc2ccccc2c1)N(C)C(=O)OC(C)(C)C. The molecule has 3 N–H and O–H groups in total. The Balaban J connectivity index is 1.65. The van der Waals surface area contributed by atoms with Crippen LogP contribution in [0, 0.1) is 5.41 Å². The monoisotopic (exact) mass is 607 g/mol. The van der Waals surface area contributed by atoms with Gasteiger partial charge < -0.3 is 14.7 Å². The minimum absolute atomic E-state index is 0.0259. The van der Waals surface area contributed by atoms with Crippen LogP contribution in [0.1, 0.15) is 38.8 Å². The molecule has 45 heavy (non-hydrogen) atoms. The number of nitrogens with one attached hydrogen (secondary N) is 1. The first-order valence-electron chi connectivity index (χ1n) is 15.0. The lowest BCUT2D eigenvalue weighted by Crippen LogP contribution is -2.53. The largest absolute Gasteiger partial charge is 0.580 e. The summed E-state index contributed by atoms with van der Waals surface area (Å²) in [5.74, 6) is -0.529. The average Bonchev–Trinajstić information content (AvgIpc) is 2.99. The Morgan fingerprint density at radius 1 is 0.867 bits per heavy atom. The molecule has 8 nitrogen and oxygen atoms in total. The zero-order valence-electron chi connectivity index (χ0n) is 26.9. The van der Waals surface area contributed by atoms with E-state index in [2.05, 4.69) is 35.3 Å². The average molecular weight is 608 g/mol. The van der Waals surface area contributed by atoms with Gasteiger partial charge in [0, 0.05) is 20.5 Å². The number of rotatable bonds is 9. The molecule has 0 radical (unpaired) electrons. The molecule has 4 rings (SSSR count). The normalized spacial score (nSPS) is 13.5. The van der Waals surface area contributed by atoms with E-state index in [1.165, 1.54) is 16.7 Å². The van der Waals surface area contributed by atoms with Crippen molar-refractivity contribution < 1.29 is 19.4 Å². The second-order valence-corrected chi connectivity index (χ2v) is 12.3. The molecule has 1 unspecified atom stereocenters. The van der Waals surface area contributed by atoms with Crippen molar-refractivity contribution in [3.63, 3.8) is 0 Å². The Morgan fingerprint density at radius 2 is 1.40 bits per heavy atom. The number of nitrogens with zero attached hydrogens (tertiary/aromatic N) is 3. The van der Waals surface area contributed by atoms with Crippen molar-refractivity contribution in [1.82, 2.24) is 9.80 Å². The van der Waals surface area contributed by atoms with Gasteiger partial charge in [-0.05, 0) is 66.8 Å². The van der Waals surface area contributed by atoms with E-state index in [0.29, 0.717) is 12.8 Å². The van der Waals surface area contributed by atoms with Crippen molar-refractivity contribution in [3.05, 3.63) is 108 Å². The lowest BCUT2D eigenvalue weighted by molar-refractivity contribution is -0.134. The third kappa shape index (κ3) is 8.79. The Kier molecular flexibility index (Phi) is 10.4. The number of carbonyl (C=O) groups is 2. The Bertz CT molecular complexity index is 1750. The number of aliphatic imine (C=N–C) groups is 1. The number of likely N-dealkylation sites (N-methyl/N-ethyl adjacent to an activating group) is 2. The topological polar surface area (TPSA) is 109 Å². The number of amides is 2. The highest BCUT2D eigenvalue weighted by molar-refractivity contribution is 5.97. The van der Waals surface area contributed by atoms with E-state index < -0.39 is 29.7 Å². The van der Waals surface area contributed by atoms with Crippen LogP contribution in [0.25, 0.3) is 21.5 Å². The quantitative estimate of drug-likeness (QED) is 0.101. The van der Waals surface area contributed by atoms with Gasteiger partial charge in [0.2, 0.25) is 5.91 Å². The van der Waals surface area contributed by atoms with Crippen LogP contribution in [-0.2, 0) is 22.4 Å². The molecule has 4 aromatic carbocycles. The second kappa shape index (κ2) is 14.2.